The summed E-state index contributed by atoms with van der Waals surface area (Å²) >= 11 is 0. The molecule has 0 bridgehead atoms. The number of hydrogen-bond acceptors (Lipinski definition) is 4. The molecule has 0 aromatic heterocycles. The highest BCUT2D eigenvalue weighted by atomic mass is 16.5. The van der Waals surface area contributed by atoms with Crippen molar-refractivity contribution in [1.29, 1.82) is 0 Å². The Bertz CT molecular complexity index is 306. The second-order valence-corrected chi connectivity index (χ2v) is 2.84. The standard InChI is InChI=1S/C10H12O2.C2H4O2/c1-12-8-10(11)7-9-5-3-2-4-6-9;1-4-2-3/h2-6,8,11H,7H2,1H3;2H,1H3. The van der Waals surface area contributed by atoms with Crippen LogP contribution in [0.15, 0.2) is 42.4 Å². The summed E-state index contributed by atoms with van der Waals surface area (Å²) in [6.45, 7) is 0.375. The van der Waals surface area contributed by atoms with E-state index in [0.29, 0.717) is 12.9 Å². The second kappa shape index (κ2) is 9.58. The Hall–Kier alpha value is -1.97. The Balaban J connectivity index is 0.000000487. The molecular weight excluding hydrogens is 208 g/mol. The highest BCUT2D eigenvalue weighted by Crippen LogP contribution is 2.04. The molecule has 0 fully saturated rings. The molecule has 1 aromatic carbocycles. The van der Waals surface area contributed by atoms with E-state index in [1.165, 1.54) is 20.5 Å². The number of aliphatic hydroxyl groups is 1. The molecule has 0 spiro atoms. The van der Waals surface area contributed by atoms with Gasteiger partial charge in [0.25, 0.3) is 6.47 Å². The van der Waals surface area contributed by atoms with Crippen LogP contribution >= 0.6 is 0 Å². The van der Waals surface area contributed by atoms with Crippen molar-refractivity contribution in [1.82, 2.24) is 0 Å². The maximum atomic E-state index is 9.24. The van der Waals surface area contributed by atoms with Crippen LogP contribution in [0, 0.1) is 0 Å². The number of ether oxygens (including phenoxy) is 2. The number of methoxy groups -OCH3 is 2. The Labute approximate surface area is 95.1 Å². The Morgan fingerprint density at radius 1 is 1.25 bits per heavy atom. The second-order valence-electron chi connectivity index (χ2n) is 2.84. The van der Waals surface area contributed by atoms with Crippen molar-refractivity contribution in [3.63, 3.8) is 0 Å². The summed E-state index contributed by atoms with van der Waals surface area (Å²) in [6, 6.07) is 9.74. The smallest absolute Gasteiger partial charge is 0.292 e. The lowest BCUT2D eigenvalue weighted by atomic mass is 10.1. The molecular formula is C12H16O4. The molecule has 1 N–H and O–H groups in total. The first-order valence-corrected chi connectivity index (χ1v) is 4.65. The zero-order valence-electron chi connectivity index (χ0n) is 9.42. The lowest BCUT2D eigenvalue weighted by molar-refractivity contribution is -0.126. The van der Waals surface area contributed by atoms with E-state index < -0.39 is 0 Å². The molecule has 0 saturated carbocycles. The predicted octanol–water partition coefficient (Wildman–Crippen LogP) is 2.06. The average molecular weight is 224 g/mol. The molecule has 4 nitrogen and oxygen atoms in total. The van der Waals surface area contributed by atoms with Gasteiger partial charge in [-0.2, -0.15) is 0 Å². The van der Waals surface area contributed by atoms with Crippen LogP contribution in [0.1, 0.15) is 5.56 Å². The molecule has 0 aliphatic carbocycles. The number of hydrogen-bond donors (Lipinski definition) is 1. The van der Waals surface area contributed by atoms with Crippen molar-refractivity contribution >= 4 is 6.47 Å². The molecule has 0 unspecified atom stereocenters. The predicted molar refractivity (Wildman–Crippen MR) is 60.9 cm³/mol. The molecule has 16 heavy (non-hydrogen) atoms. The summed E-state index contributed by atoms with van der Waals surface area (Å²) in [7, 11) is 2.83. The molecule has 1 aromatic rings. The van der Waals surface area contributed by atoms with Gasteiger partial charge >= 0.3 is 0 Å². The van der Waals surface area contributed by atoms with Gasteiger partial charge in [0.05, 0.1) is 14.2 Å². The van der Waals surface area contributed by atoms with Crippen LogP contribution in [-0.2, 0) is 20.7 Å². The summed E-state index contributed by atoms with van der Waals surface area (Å²) in [5.74, 6) is 0.240. The minimum atomic E-state index is 0.240. The first-order chi connectivity index (χ1) is 7.74. The number of carbonyl (C=O) groups is 1. The van der Waals surface area contributed by atoms with E-state index in [-0.39, 0.29) is 5.76 Å². The number of aliphatic hydroxyl groups excluding tert-OH is 1. The Morgan fingerprint density at radius 3 is 2.25 bits per heavy atom. The third-order valence-electron chi connectivity index (χ3n) is 1.58. The van der Waals surface area contributed by atoms with E-state index >= 15 is 0 Å². The number of carbonyl (C=O) groups excluding carboxylic acids is 1. The fourth-order valence-corrected chi connectivity index (χ4v) is 0.983. The summed E-state index contributed by atoms with van der Waals surface area (Å²) in [5.41, 5.74) is 1.07. The lowest BCUT2D eigenvalue weighted by Gasteiger charge is -1.99. The van der Waals surface area contributed by atoms with Gasteiger partial charge in [-0.25, -0.2) is 0 Å². The van der Waals surface area contributed by atoms with Crippen molar-refractivity contribution in [2.24, 2.45) is 0 Å². The van der Waals surface area contributed by atoms with Crippen molar-refractivity contribution < 1.29 is 19.4 Å². The number of rotatable bonds is 4. The van der Waals surface area contributed by atoms with Crippen molar-refractivity contribution in [2.45, 2.75) is 6.42 Å². The minimum absolute atomic E-state index is 0.240. The average Bonchev–Trinajstić information content (AvgIpc) is 2.31. The third kappa shape index (κ3) is 7.44. The maximum absolute atomic E-state index is 9.24. The zero-order valence-corrected chi connectivity index (χ0v) is 9.42. The van der Waals surface area contributed by atoms with Crippen LogP contribution in [-0.4, -0.2) is 25.8 Å². The number of allylic oxidation sites excluding steroid dienone is 1. The first kappa shape index (κ1) is 14.0. The Kier molecular flexibility index (Phi) is 8.40. The van der Waals surface area contributed by atoms with Gasteiger partial charge in [0.1, 0.15) is 12.0 Å². The van der Waals surface area contributed by atoms with E-state index in [1.807, 2.05) is 30.3 Å². The van der Waals surface area contributed by atoms with Crippen LogP contribution in [0.3, 0.4) is 0 Å². The van der Waals surface area contributed by atoms with Crippen LogP contribution in [0.25, 0.3) is 0 Å². The molecule has 0 radical (unpaired) electrons. The Morgan fingerprint density at radius 2 is 1.81 bits per heavy atom. The summed E-state index contributed by atoms with van der Waals surface area (Å²) in [6.07, 6.45) is 1.86. The first-order valence-electron chi connectivity index (χ1n) is 4.65. The van der Waals surface area contributed by atoms with Gasteiger partial charge < -0.3 is 14.6 Å². The van der Waals surface area contributed by atoms with Crippen LogP contribution in [0.4, 0.5) is 0 Å². The van der Waals surface area contributed by atoms with Crippen LogP contribution < -0.4 is 0 Å². The quantitative estimate of drug-likeness (QED) is 0.628. The van der Waals surface area contributed by atoms with Crippen molar-refractivity contribution in [3.05, 3.63) is 47.9 Å². The molecule has 0 amide bonds. The molecule has 88 valence electrons. The normalized spacial score (nSPS) is 9.75. The van der Waals surface area contributed by atoms with E-state index in [0.717, 1.165) is 5.56 Å². The number of benzene rings is 1. The van der Waals surface area contributed by atoms with Crippen LogP contribution in [0.2, 0.25) is 0 Å². The monoisotopic (exact) mass is 224 g/mol. The highest BCUT2D eigenvalue weighted by Gasteiger charge is 1.94. The van der Waals surface area contributed by atoms with Gasteiger partial charge in [-0.1, -0.05) is 30.3 Å². The summed E-state index contributed by atoms with van der Waals surface area (Å²) in [5, 5.41) is 9.24. The molecule has 4 heteroatoms. The van der Waals surface area contributed by atoms with E-state index in [9.17, 15) is 5.11 Å². The molecule has 1 rings (SSSR count). The maximum Gasteiger partial charge on any atom is 0.292 e. The largest absolute Gasteiger partial charge is 0.509 e. The van der Waals surface area contributed by atoms with Gasteiger partial charge in [-0.15, -0.1) is 0 Å². The van der Waals surface area contributed by atoms with Gasteiger partial charge in [-0.05, 0) is 5.56 Å². The molecule has 0 saturated heterocycles. The fraction of sp³-hybridized carbons (Fsp3) is 0.250. The summed E-state index contributed by atoms with van der Waals surface area (Å²) in [4.78, 5) is 8.95. The molecule has 0 atom stereocenters. The van der Waals surface area contributed by atoms with Crippen molar-refractivity contribution in [3.8, 4) is 0 Å². The molecule has 0 aliphatic rings. The lowest BCUT2D eigenvalue weighted by Crippen LogP contribution is -1.89. The van der Waals surface area contributed by atoms with E-state index in [4.69, 9.17) is 4.79 Å². The zero-order chi connectivity index (χ0) is 12.2. The van der Waals surface area contributed by atoms with Gasteiger partial charge in [0.15, 0.2) is 0 Å². The fourth-order valence-electron chi connectivity index (χ4n) is 0.983. The van der Waals surface area contributed by atoms with Gasteiger partial charge in [-0.3, -0.25) is 4.79 Å². The minimum Gasteiger partial charge on any atom is -0.509 e. The molecule has 0 aliphatic heterocycles. The van der Waals surface area contributed by atoms with E-state index in [1.54, 1.807) is 0 Å². The van der Waals surface area contributed by atoms with E-state index in [2.05, 4.69) is 9.47 Å². The highest BCUT2D eigenvalue weighted by molar-refractivity contribution is 5.36. The SMILES string of the molecule is COC=C(O)Cc1ccccc1.COC=O. The third-order valence-corrected chi connectivity index (χ3v) is 1.58. The topological polar surface area (TPSA) is 55.8 Å². The molecule has 0 heterocycles. The van der Waals surface area contributed by atoms with Crippen molar-refractivity contribution in [2.75, 3.05) is 14.2 Å². The van der Waals surface area contributed by atoms with Gasteiger partial charge in [0, 0.05) is 6.42 Å². The van der Waals surface area contributed by atoms with Crippen LogP contribution in [0.5, 0.6) is 0 Å². The van der Waals surface area contributed by atoms with Gasteiger partial charge in [0.2, 0.25) is 0 Å². The summed E-state index contributed by atoms with van der Waals surface area (Å²) < 4.78 is 8.52.